The fraction of sp³-hybridized carbons (Fsp3) is 0.133. The average Bonchev–Trinajstić information content (AvgIpc) is 2.68. The maximum atomic E-state index is 5.61. The first-order valence-electron chi connectivity index (χ1n) is 5.85. The van der Waals surface area contributed by atoms with Crippen molar-refractivity contribution in [2.24, 2.45) is 0 Å². The average molecular weight is 318 g/mol. The summed E-state index contributed by atoms with van der Waals surface area (Å²) >= 11 is 5.88. The zero-order valence-corrected chi connectivity index (χ0v) is 12.8. The minimum absolute atomic E-state index is 0.272. The van der Waals surface area contributed by atoms with Crippen molar-refractivity contribution in [3.8, 4) is 5.69 Å². The Labute approximate surface area is 118 Å². The van der Waals surface area contributed by atoms with Crippen LogP contribution in [0.25, 0.3) is 15.3 Å². The van der Waals surface area contributed by atoms with E-state index in [2.05, 4.69) is 59.9 Å². The molecule has 0 radical (unpaired) electrons. The molecule has 3 rings (SSSR count). The van der Waals surface area contributed by atoms with Crippen molar-refractivity contribution >= 4 is 36.6 Å². The Morgan fingerprint density at radius 3 is 2.56 bits per heavy atom. The van der Waals surface area contributed by atoms with Crippen LogP contribution < -0.4 is 0 Å². The molecule has 18 heavy (non-hydrogen) atoms. The number of fused-ring (bicyclic) bond motifs is 1. The molecule has 1 nitrogen and oxygen atoms in total. The molecule has 0 aliphatic carbocycles. The normalized spacial score (nSPS) is 11.0. The quantitative estimate of drug-likeness (QED) is 0.484. The van der Waals surface area contributed by atoms with E-state index >= 15 is 0 Å². The van der Waals surface area contributed by atoms with Gasteiger partial charge in [0, 0.05) is 0 Å². The van der Waals surface area contributed by atoms with Crippen LogP contribution in [0.1, 0.15) is 11.1 Å². The summed E-state index contributed by atoms with van der Waals surface area (Å²) in [5, 5.41) is 1.23. The molecule has 0 saturated carbocycles. The second-order valence-electron chi connectivity index (χ2n) is 4.48. The van der Waals surface area contributed by atoms with E-state index in [1.807, 2.05) is 0 Å². The van der Waals surface area contributed by atoms with Gasteiger partial charge in [-0.2, -0.15) is 0 Å². The summed E-state index contributed by atoms with van der Waals surface area (Å²) in [5.74, 6) is 0. The second-order valence-corrected chi connectivity index (χ2v) is 6.94. The predicted octanol–water partition coefficient (Wildman–Crippen LogP) is 4.03. The van der Waals surface area contributed by atoms with Crippen LogP contribution in [0.15, 0.2) is 42.5 Å². The summed E-state index contributed by atoms with van der Waals surface area (Å²) in [5.41, 5.74) is 3.85. The van der Waals surface area contributed by atoms with Crippen LogP contribution in [-0.2, 0) is 0 Å². The third-order valence-corrected chi connectivity index (χ3v) is 6.06. The van der Waals surface area contributed by atoms with Crippen LogP contribution in [0.3, 0.4) is 0 Å². The van der Waals surface area contributed by atoms with Crippen molar-refractivity contribution < 1.29 is 0 Å². The fourth-order valence-corrected chi connectivity index (χ4v) is 5.05. The molecule has 3 aromatic rings. The number of rotatable bonds is 1. The SMILES string of the molecule is Cc1ccc(-n2[se]c3ccccc3c2=S)c(C)c1. The van der Waals surface area contributed by atoms with Gasteiger partial charge in [-0.15, -0.1) is 0 Å². The van der Waals surface area contributed by atoms with E-state index in [1.165, 1.54) is 26.5 Å². The van der Waals surface area contributed by atoms with E-state index in [1.54, 1.807) is 0 Å². The van der Waals surface area contributed by atoms with Crippen LogP contribution in [-0.4, -0.2) is 18.3 Å². The van der Waals surface area contributed by atoms with Gasteiger partial charge in [0.15, 0.2) is 0 Å². The summed E-state index contributed by atoms with van der Waals surface area (Å²) in [6.07, 6.45) is 0. The molecular weight excluding hydrogens is 305 g/mol. The standard InChI is InChI=1S/C15H13NSSe/c1-10-7-8-13(11(2)9-10)16-15(17)12-5-3-4-6-14(12)18-16/h3-9H,1-2H3. The molecule has 0 aliphatic heterocycles. The van der Waals surface area contributed by atoms with Crippen LogP contribution in [0.4, 0.5) is 0 Å². The molecule has 0 unspecified atom stereocenters. The maximum absolute atomic E-state index is 5.61. The summed E-state index contributed by atoms with van der Waals surface area (Å²) in [7, 11) is 0. The van der Waals surface area contributed by atoms with Gasteiger partial charge in [-0.05, 0) is 0 Å². The number of aromatic nitrogens is 1. The van der Waals surface area contributed by atoms with E-state index in [0.717, 1.165) is 4.64 Å². The number of hydrogen-bond donors (Lipinski definition) is 0. The van der Waals surface area contributed by atoms with Crippen LogP contribution in [0.2, 0.25) is 0 Å². The number of hydrogen-bond acceptors (Lipinski definition) is 1. The third-order valence-electron chi connectivity index (χ3n) is 3.06. The first kappa shape index (κ1) is 11.9. The molecule has 0 atom stereocenters. The Balaban J connectivity index is 2.32. The van der Waals surface area contributed by atoms with Gasteiger partial charge >= 0.3 is 118 Å². The summed E-state index contributed by atoms with van der Waals surface area (Å²) in [4.78, 5) is 0. The summed E-state index contributed by atoms with van der Waals surface area (Å²) in [6, 6.07) is 15.0. The van der Waals surface area contributed by atoms with Gasteiger partial charge in [0.1, 0.15) is 0 Å². The topological polar surface area (TPSA) is 4.93 Å². The monoisotopic (exact) mass is 319 g/mol. The van der Waals surface area contributed by atoms with Crippen molar-refractivity contribution in [3.63, 3.8) is 0 Å². The molecular formula is C15H13NSSe. The predicted molar refractivity (Wildman–Crippen MR) is 80.5 cm³/mol. The van der Waals surface area contributed by atoms with Gasteiger partial charge in [0.05, 0.1) is 0 Å². The van der Waals surface area contributed by atoms with Crippen molar-refractivity contribution in [1.29, 1.82) is 0 Å². The Morgan fingerprint density at radius 1 is 1.06 bits per heavy atom. The van der Waals surface area contributed by atoms with Gasteiger partial charge in [-0.1, -0.05) is 0 Å². The molecule has 0 amide bonds. The summed E-state index contributed by atoms with van der Waals surface area (Å²) < 4.78 is 4.65. The molecule has 0 aliphatic rings. The molecule has 1 aromatic heterocycles. The Bertz CT molecular complexity index is 783. The van der Waals surface area contributed by atoms with E-state index in [0.29, 0.717) is 0 Å². The first-order valence-corrected chi connectivity index (χ1v) is 7.88. The van der Waals surface area contributed by atoms with E-state index in [9.17, 15) is 0 Å². The van der Waals surface area contributed by atoms with E-state index in [4.69, 9.17) is 12.2 Å². The zero-order valence-electron chi connectivity index (χ0n) is 10.3. The van der Waals surface area contributed by atoms with Crippen LogP contribution >= 0.6 is 12.2 Å². The van der Waals surface area contributed by atoms with Gasteiger partial charge in [0.25, 0.3) is 0 Å². The molecule has 0 spiro atoms. The zero-order chi connectivity index (χ0) is 12.7. The molecule has 2 aromatic carbocycles. The van der Waals surface area contributed by atoms with Crippen molar-refractivity contribution in [2.45, 2.75) is 13.8 Å². The molecule has 3 heteroatoms. The molecule has 0 fully saturated rings. The van der Waals surface area contributed by atoms with Gasteiger partial charge < -0.3 is 0 Å². The van der Waals surface area contributed by atoms with E-state index in [-0.39, 0.29) is 14.7 Å². The Hall–Kier alpha value is -1.15. The first-order chi connectivity index (χ1) is 8.66. The van der Waals surface area contributed by atoms with Crippen molar-refractivity contribution in [1.82, 2.24) is 3.56 Å². The van der Waals surface area contributed by atoms with Gasteiger partial charge in [-0.3, -0.25) is 0 Å². The van der Waals surface area contributed by atoms with Crippen molar-refractivity contribution in [2.75, 3.05) is 0 Å². The second kappa shape index (κ2) is 4.51. The molecule has 0 N–H and O–H groups in total. The van der Waals surface area contributed by atoms with Gasteiger partial charge in [-0.25, -0.2) is 0 Å². The van der Waals surface area contributed by atoms with Crippen LogP contribution in [0.5, 0.6) is 0 Å². The molecule has 90 valence electrons. The fourth-order valence-electron chi connectivity index (χ4n) is 2.16. The minimum atomic E-state index is 0.272. The van der Waals surface area contributed by atoms with Crippen molar-refractivity contribution in [3.05, 3.63) is 58.2 Å². The number of benzene rings is 2. The molecule has 0 bridgehead atoms. The summed E-state index contributed by atoms with van der Waals surface area (Å²) in [6.45, 7) is 4.28. The number of nitrogens with zero attached hydrogens (tertiary/aromatic N) is 1. The Morgan fingerprint density at radius 2 is 1.83 bits per heavy atom. The van der Waals surface area contributed by atoms with Crippen LogP contribution in [0, 0.1) is 18.5 Å². The molecule has 0 saturated heterocycles. The molecule has 1 heterocycles. The number of aryl methyl sites for hydroxylation is 2. The Kier molecular flexibility index (Phi) is 2.98. The van der Waals surface area contributed by atoms with Gasteiger partial charge in [0.2, 0.25) is 0 Å². The van der Waals surface area contributed by atoms with E-state index < -0.39 is 0 Å². The third kappa shape index (κ3) is 1.89.